The SMILES string of the molecule is O=C(CC1Cc2ccccc21)C1CNCCO1. The molecule has 1 saturated heterocycles. The highest BCUT2D eigenvalue weighted by Crippen LogP contribution is 2.37. The number of nitrogens with one attached hydrogen (secondary N) is 1. The zero-order valence-corrected chi connectivity index (χ0v) is 9.82. The summed E-state index contributed by atoms with van der Waals surface area (Å²) in [5, 5.41) is 3.20. The van der Waals surface area contributed by atoms with Crippen molar-refractivity contribution in [3.63, 3.8) is 0 Å². The van der Waals surface area contributed by atoms with Crippen LogP contribution in [0.4, 0.5) is 0 Å². The summed E-state index contributed by atoms with van der Waals surface area (Å²) in [5.41, 5.74) is 2.75. The fourth-order valence-electron chi connectivity index (χ4n) is 2.69. The average Bonchev–Trinajstić information content (AvgIpc) is 2.37. The molecular formula is C14H17NO2. The Kier molecular flexibility index (Phi) is 2.95. The lowest BCUT2D eigenvalue weighted by atomic mass is 9.74. The molecule has 0 bridgehead atoms. The molecule has 0 saturated carbocycles. The van der Waals surface area contributed by atoms with E-state index in [9.17, 15) is 4.79 Å². The first kappa shape index (κ1) is 10.9. The molecular weight excluding hydrogens is 214 g/mol. The van der Waals surface area contributed by atoms with Crippen LogP contribution in [-0.4, -0.2) is 31.6 Å². The third-order valence-corrected chi connectivity index (χ3v) is 3.70. The largest absolute Gasteiger partial charge is 0.368 e. The van der Waals surface area contributed by atoms with E-state index < -0.39 is 0 Å². The molecule has 1 fully saturated rings. The van der Waals surface area contributed by atoms with E-state index in [-0.39, 0.29) is 11.9 Å². The van der Waals surface area contributed by atoms with Gasteiger partial charge in [-0.1, -0.05) is 24.3 Å². The molecule has 1 aliphatic carbocycles. The highest BCUT2D eigenvalue weighted by atomic mass is 16.5. The summed E-state index contributed by atoms with van der Waals surface area (Å²) in [4.78, 5) is 12.0. The summed E-state index contributed by atoms with van der Waals surface area (Å²) in [6.45, 7) is 2.18. The van der Waals surface area contributed by atoms with Gasteiger partial charge in [-0.3, -0.25) is 4.79 Å². The summed E-state index contributed by atoms with van der Waals surface area (Å²) >= 11 is 0. The molecule has 1 heterocycles. The van der Waals surface area contributed by atoms with Crippen molar-refractivity contribution in [2.75, 3.05) is 19.7 Å². The normalized spacial score (nSPS) is 27.1. The van der Waals surface area contributed by atoms with Crippen LogP contribution in [0.25, 0.3) is 0 Å². The van der Waals surface area contributed by atoms with Gasteiger partial charge in [-0.2, -0.15) is 0 Å². The highest BCUT2D eigenvalue weighted by Gasteiger charge is 2.31. The molecule has 0 radical (unpaired) electrons. The molecule has 1 N–H and O–H groups in total. The van der Waals surface area contributed by atoms with Gasteiger partial charge in [0.15, 0.2) is 5.78 Å². The third-order valence-electron chi connectivity index (χ3n) is 3.70. The second kappa shape index (κ2) is 4.59. The van der Waals surface area contributed by atoms with E-state index >= 15 is 0 Å². The Morgan fingerprint density at radius 2 is 2.29 bits per heavy atom. The molecule has 90 valence electrons. The average molecular weight is 231 g/mol. The molecule has 1 aliphatic heterocycles. The summed E-state index contributed by atoms with van der Waals surface area (Å²) in [6, 6.07) is 8.39. The monoisotopic (exact) mass is 231 g/mol. The molecule has 0 aromatic heterocycles. The quantitative estimate of drug-likeness (QED) is 0.851. The maximum absolute atomic E-state index is 12.0. The van der Waals surface area contributed by atoms with E-state index in [2.05, 4.69) is 23.5 Å². The minimum absolute atomic E-state index is 0.225. The Morgan fingerprint density at radius 1 is 1.41 bits per heavy atom. The van der Waals surface area contributed by atoms with Crippen molar-refractivity contribution >= 4 is 5.78 Å². The molecule has 17 heavy (non-hydrogen) atoms. The lowest BCUT2D eigenvalue weighted by molar-refractivity contribution is -0.132. The number of fused-ring (bicyclic) bond motifs is 1. The van der Waals surface area contributed by atoms with Gasteiger partial charge in [-0.05, 0) is 23.5 Å². The Morgan fingerprint density at radius 3 is 3.06 bits per heavy atom. The number of hydrogen-bond donors (Lipinski definition) is 1. The van der Waals surface area contributed by atoms with Crippen LogP contribution in [0.15, 0.2) is 24.3 Å². The van der Waals surface area contributed by atoms with Gasteiger partial charge in [0.1, 0.15) is 6.10 Å². The number of carbonyl (C=O) groups excluding carboxylic acids is 1. The summed E-state index contributed by atoms with van der Waals surface area (Å²) in [7, 11) is 0. The molecule has 1 aromatic rings. The van der Waals surface area contributed by atoms with Gasteiger partial charge in [-0.15, -0.1) is 0 Å². The maximum Gasteiger partial charge on any atom is 0.163 e. The van der Waals surface area contributed by atoms with Crippen molar-refractivity contribution in [1.29, 1.82) is 0 Å². The van der Waals surface area contributed by atoms with Crippen molar-refractivity contribution in [2.24, 2.45) is 0 Å². The molecule has 1 aromatic carbocycles. The van der Waals surface area contributed by atoms with Crippen LogP contribution in [0, 0.1) is 0 Å². The van der Waals surface area contributed by atoms with E-state index in [0.29, 0.717) is 25.5 Å². The zero-order valence-electron chi connectivity index (χ0n) is 9.82. The van der Waals surface area contributed by atoms with Crippen molar-refractivity contribution in [1.82, 2.24) is 5.32 Å². The van der Waals surface area contributed by atoms with Crippen molar-refractivity contribution in [3.05, 3.63) is 35.4 Å². The van der Waals surface area contributed by atoms with Crippen LogP contribution in [0.1, 0.15) is 23.5 Å². The minimum atomic E-state index is -0.225. The Labute approximate surface area is 101 Å². The van der Waals surface area contributed by atoms with Crippen molar-refractivity contribution < 1.29 is 9.53 Å². The van der Waals surface area contributed by atoms with E-state index in [0.717, 1.165) is 13.0 Å². The summed E-state index contributed by atoms with van der Waals surface area (Å²) in [5.74, 6) is 0.668. The molecule has 3 rings (SSSR count). The third kappa shape index (κ3) is 2.13. The number of benzene rings is 1. The summed E-state index contributed by atoms with van der Waals surface area (Å²) in [6.07, 6.45) is 1.45. The van der Waals surface area contributed by atoms with Gasteiger partial charge in [0.2, 0.25) is 0 Å². The molecule has 2 unspecified atom stereocenters. The second-order valence-corrected chi connectivity index (χ2v) is 4.83. The van der Waals surface area contributed by atoms with E-state index in [4.69, 9.17) is 4.74 Å². The molecule has 2 aliphatic rings. The predicted molar refractivity (Wildman–Crippen MR) is 65.1 cm³/mol. The van der Waals surface area contributed by atoms with Crippen LogP contribution in [0.3, 0.4) is 0 Å². The Balaban J connectivity index is 1.60. The number of Topliss-reactive ketones (excluding diaryl/α,β-unsaturated/α-hetero) is 1. The zero-order chi connectivity index (χ0) is 11.7. The van der Waals surface area contributed by atoms with Gasteiger partial charge in [0.05, 0.1) is 6.61 Å². The molecule has 2 atom stereocenters. The highest BCUT2D eigenvalue weighted by molar-refractivity contribution is 5.84. The first-order valence-corrected chi connectivity index (χ1v) is 6.27. The molecule has 3 heteroatoms. The lowest BCUT2D eigenvalue weighted by Gasteiger charge is -2.31. The van der Waals surface area contributed by atoms with Gasteiger partial charge in [-0.25, -0.2) is 0 Å². The van der Waals surface area contributed by atoms with Crippen molar-refractivity contribution in [3.8, 4) is 0 Å². The second-order valence-electron chi connectivity index (χ2n) is 4.83. The minimum Gasteiger partial charge on any atom is -0.368 e. The molecule has 3 nitrogen and oxygen atoms in total. The van der Waals surface area contributed by atoms with Gasteiger partial charge in [0, 0.05) is 19.5 Å². The van der Waals surface area contributed by atoms with Crippen LogP contribution in [-0.2, 0) is 16.0 Å². The fourth-order valence-corrected chi connectivity index (χ4v) is 2.69. The topological polar surface area (TPSA) is 38.3 Å². The van der Waals surface area contributed by atoms with Crippen LogP contribution < -0.4 is 5.32 Å². The number of morpholine rings is 1. The predicted octanol–water partition coefficient (Wildman–Crippen LogP) is 1.27. The maximum atomic E-state index is 12.0. The van der Waals surface area contributed by atoms with E-state index in [1.54, 1.807) is 0 Å². The van der Waals surface area contributed by atoms with E-state index in [1.165, 1.54) is 11.1 Å². The number of ketones is 1. The van der Waals surface area contributed by atoms with Gasteiger partial charge >= 0.3 is 0 Å². The first-order chi connectivity index (χ1) is 8.34. The van der Waals surface area contributed by atoms with Crippen LogP contribution >= 0.6 is 0 Å². The van der Waals surface area contributed by atoms with Crippen molar-refractivity contribution in [2.45, 2.75) is 24.9 Å². The molecule has 0 spiro atoms. The number of hydrogen-bond acceptors (Lipinski definition) is 3. The number of rotatable bonds is 3. The van der Waals surface area contributed by atoms with E-state index in [1.807, 2.05) is 6.07 Å². The molecule has 0 amide bonds. The number of carbonyl (C=O) groups is 1. The Bertz CT molecular complexity index is 424. The smallest absolute Gasteiger partial charge is 0.163 e. The summed E-state index contributed by atoms with van der Waals surface area (Å²) < 4.78 is 5.49. The van der Waals surface area contributed by atoms with Gasteiger partial charge in [0.25, 0.3) is 0 Å². The van der Waals surface area contributed by atoms with Crippen LogP contribution in [0.5, 0.6) is 0 Å². The van der Waals surface area contributed by atoms with Crippen LogP contribution in [0.2, 0.25) is 0 Å². The number of ether oxygens (including phenoxy) is 1. The van der Waals surface area contributed by atoms with Gasteiger partial charge < -0.3 is 10.1 Å². The fraction of sp³-hybridized carbons (Fsp3) is 0.500. The Hall–Kier alpha value is -1.19. The standard InChI is InChI=1S/C14H17NO2/c16-13(14-9-15-5-6-17-14)8-11-7-10-3-1-2-4-12(10)11/h1-4,11,14-15H,5-9H2. The lowest BCUT2D eigenvalue weighted by Crippen LogP contribution is -2.43. The first-order valence-electron chi connectivity index (χ1n) is 6.27.